The summed E-state index contributed by atoms with van der Waals surface area (Å²) in [6.45, 7) is 6.91. The summed E-state index contributed by atoms with van der Waals surface area (Å²) in [6, 6.07) is 15.9. The first-order valence-corrected chi connectivity index (χ1v) is 9.63. The zero-order valence-electron chi connectivity index (χ0n) is 15.8. The number of nitrogens with zero attached hydrogens (tertiary/aromatic N) is 1. The van der Waals surface area contributed by atoms with Crippen LogP contribution in [0.2, 0.25) is 0 Å². The molecule has 1 heteroatoms. The predicted molar refractivity (Wildman–Crippen MR) is 108 cm³/mol. The molecule has 1 heterocycles. The van der Waals surface area contributed by atoms with Crippen LogP contribution < -0.4 is 0 Å². The predicted octanol–water partition coefficient (Wildman–Crippen LogP) is 6.37. The van der Waals surface area contributed by atoms with Gasteiger partial charge in [0.2, 0.25) is 0 Å². The summed E-state index contributed by atoms with van der Waals surface area (Å²) in [5, 5.41) is 2.48. The van der Waals surface area contributed by atoms with Crippen molar-refractivity contribution in [3.05, 3.63) is 77.1 Å². The van der Waals surface area contributed by atoms with Gasteiger partial charge >= 0.3 is 0 Å². The first-order chi connectivity index (χ1) is 12.2. The molecule has 0 aliphatic heterocycles. The van der Waals surface area contributed by atoms with Gasteiger partial charge in [0.25, 0.3) is 0 Å². The van der Waals surface area contributed by atoms with Crippen molar-refractivity contribution in [1.29, 1.82) is 0 Å². The van der Waals surface area contributed by atoms with Crippen LogP contribution in [-0.2, 0) is 19.3 Å². The fraction of sp³-hybridized carbons (Fsp3) is 0.375. The van der Waals surface area contributed by atoms with Gasteiger partial charge in [0, 0.05) is 17.8 Å². The van der Waals surface area contributed by atoms with Gasteiger partial charge in [0.1, 0.15) is 0 Å². The van der Waals surface area contributed by atoms with E-state index in [0.29, 0.717) is 0 Å². The van der Waals surface area contributed by atoms with Gasteiger partial charge < -0.3 is 0 Å². The highest BCUT2D eigenvalue weighted by molar-refractivity contribution is 5.82. The zero-order valence-corrected chi connectivity index (χ0v) is 15.8. The lowest BCUT2D eigenvalue weighted by Gasteiger charge is -2.15. The van der Waals surface area contributed by atoms with E-state index in [-0.39, 0.29) is 0 Å². The molecule has 1 aromatic heterocycles. The van der Waals surface area contributed by atoms with Crippen LogP contribution in [0.25, 0.3) is 10.8 Å². The average Bonchev–Trinajstić information content (AvgIpc) is 2.64. The van der Waals surface area contributed by atoms with E-state index in [0.717, 1.165) is 12.3 Å². The molecule has 130 valence electrons. The number of aromatic nitrogens is 1. The van der Waals surface area contributed by atoms with Gasteiger partial charge in [-0.2, -0.15) is 0 Å². The van der Waals surface area contributed by atoms with Gasteiger partial charge in [-0.05, 0) is 65.0 Å². The van der Waals surface area contributed by atoms with Crippen molar-refractivity contribution in [3.63, 3.8) is 0 Å². The molecule has 1 nitrogen and oxygen atoms in total. The van der Waals surface area contributed by atoms with E-state index in [9.17, 15) is 0 Å². The summed E-state index contributed by atoms with van der Waals surface area (Å²) in [7, 11) is 0. The van der Waals surface area contributed by atoms with Crippen molar-refractivity contribution < 1.29 is 0 Å². The maximum Gasteiger partial charge on any atom is 0.0346 e. The van der Waals surface area contributed by atoms with Gasteiger partial charge in [-0.15, -0.1) is 0 Å². The lowest BCUT2D eigenvalue weighted by atomic mass is 9.91. The fourth-order valence-electron chi connectivity index (χ4n) is 3.49. The Labute approximate surface area is 152 Å². The summed E-state index contributed by atoms with van der Waals surface area (Å²) in [6.07, 6.45) is 9.64. The molecule has 1 unspecified atom stereocenters. The SMILES string of the molecule is CCCc1cc(Cc2ccc3ccncc3c2)ccc1CC(C)CC. The molecule has 0 aliphatic carbocycles. The molecule has 0 spiro atoms. The molecule has 0 fully saturated rings. The monoisotopic (exact) mass is 331 g/mol. The summed E-state index contributed by atoms with van der Waals surface area (Å²) in [5.41, 5.74) is 5.86. The third kappa shape index (κ3) is 4.48. The van der Waals surface area contributed by atoms with E-state index in [4.69, 9.17) is 0 Å². The van der Waals surface area contributed by atoms with Crippen LogP contribution in [0.15, 0.2) is 54.9 Å². The fourth-order valence-corrected chi connectivity index (χ4v) is 3.49. The Balaban J connectivity index is 1.84. The van der Waals surface area contributed by atoms with Crippen molar-refractivity contribution in [2.75, 3.05) is 0 Å². The molecule has 0 amide bonds. The molecule has 3 rings (SSSR count). The minimum absolute atomic E-state index is 0.759. The van der Waals surface area contributed by atoms with Gasteiger partial charge in [-0.25, -0.2) is 0 Å². The molecule has 0 saturated carbocycles. The van der Waals surface area contributed by atoms with E-state index < -0.39 is 0 Å². The van der Waals surface area contributed by atoms with Crippen molar-refractivity contribution >= 4 is 10.8 Å². The van der Waals surface area contributed by atoms with Gasteiger partial charge in [0.15, 0.2) is 0 Å². The first kappa shape index (κ1) is 17.7. The van der Waals surface area contributed by atoms with E-state index in [1.54, 1.807) is 11.1 Å². The smallest absolute Gasteiger partial charge is 0.0346 e. The standard InChI is InChI=1S/C24H29N/c1-4-6-22-15-19(8-10-23(22)13-18(3)5-2)14-20-7-9-21-11-12-25-17-24(21)16-20/h7-12,15-18H,4-6,13-14H2,1-3H3. The molecule has 0 aliphatic rings. The van der Waals surface area contributed by atoms with Crippen LogP contribution in [0.3, 0.4) is 0 Å². The number of pyridine rings is 1. The van der Waals surface area contributed by atoms with E-state index in [1.807, 2.05) is 12.4 Å². The lowest BCUT2D eigenvalue weighted by molar-refractivity contribution is 0.557. The molecule has 0 saturated heterocycles. The first-order valence-electron chi connectivity index (χ1n) is 9.63. The van der Waals surface area contributed by atoms with E-state index >= 15 is 0 Å². The van der Waals surface area contributed by atoms with Crippen molar-refractivity contribution in [3.8, 4) is 0 Å². The second-order valence-corrected chi connectivity index (χ2v) is 7.30. The topological polar surface area (TPSA) is 12.9 Å². The summed E-state index contributed by atoms with van der Waals surface area (Å²) in [4.78, 5) is 4.25. The van der Waals surface area contributed by atoms with Crippen LogP contribution in [0, 0.1) is 5.92 Å². The molecule has 1 atom stereocenters. The van der Waals surface area contributed by atoms with Crippen LogP contribution in [-0.4, -0.2) is 4.98 Å². The van der Waals surface area contributed by atoms with Gasteiger partial charge in [-0.3, -0.25) is 4.98 Å². The lowest BCUT2D eigenvalue weighted by Crippen LogP contribution is -2.03. The van der Waals surface area contributed by atoms with Gasteiger partial charge in [0.05, 0.1) is 0 Å². The number of benzene rings is 2. The highest BCUT2D eigenvalue weighted by Crippen LogP contribution is 2.22. The van der Waals surface area contributed by atoms with Crippen LogP contribution >= 0.6 is 0 Å². The van der Waals surface area contributed by atoms with Gasteiger partial charge in [-0.1, -0.05) is 63.9 Å². The minimum atomic E-state index is 0.759. The van der Waals surface area contributed by atoms with Crippen LogP contribution in [0.5, 0.6) is 0 Å². The molecule has 0 bridgehead atoms. The Bertz CT molecular complexity index is 834. The Morgan fingerprint density at radius 3 is 2.48 bits per heavy atom. The third-order valence-electron chi connectivity index (χ3n) is 5.17. The molecular formula is C24H29N. The Hall–Kier alpha value is -2.15. The number of aryl methyl sites for hydroxylation is 1. The molecule has 2 aromatic carbocycles. The Morgan fingerprint density at radius 1 is 0.880 bits per heavy atom. The summed E-state index contributed by atoms with van der Waals surface area (Å²) in [5.74, 6) is 0.759. The molecular weight excluding hydrogens is 302 g/mol. The maximum atomic E-state index is 4.25. The second-order valence-electron chi connectivity index (χ2n) is 7.30. The Kier molecular flexibility index (Phi) is 5.86. The van der Waals surface area contributed by atoms with Crippen LogP contribution in [0.1, 0.15) is 55.9 Å². The third-order valence-corrected chi connectivity index (χ3v) is 5.17. The van der Waals surface area contributed by atoms with Crippen LogP contribution in [0.4, 0.5) is 0 Å². The van der Waals surface area contributed by atoms with Crippen molar-refractivity contribution in [1.82, 2.24) is 4.98 Å². The maximum absolute atomic E-state index is 4.25. The Morgan fingerprint density at radius 2 is 1.68 bits per heavy atom. The summed E-state index contributed by atoms with van der Waals surface area (Å²) >= 11 is 0. The number of rotatable bonds is 7. The number of fused-ring (bicyclic) bond motifs is 1. The largest absolute Gasteiger partial charge is 0.264 e. The quantitative estimate of drug-likeness (QED) is 0.490. The highest BCUT2D eigenvalue weighted by Gasteiger charge is 2.08. The van der Waals surface area contributed by atoms with Crippen molar-refractivity contribution in [2.45, 2.75) is 52.9 Å². The molecule has 0 radical (unpaired) electrons. The van der Waals surface area contributed by atoms with E-state index in [1.165, 1.54) is 47.6 Å². The highest BCUT2D eigenvalue weighted by atomic mass is 14.6. The normalized spacial score (nSPS) is 12.4. The molecule has 0 N–H and O–H groups in total. The van der Waals surface area contributed by atoms with Crippen molar-refractivity contribution in [2.24, 2.45) is 5.92 Å². The number of hydrogen-bond acceptors (Lipinski definition) is 1. The molecule has 25 heavy (non-hydrogen) atoms. The zero-order chi connectivity index (χ0) is 17.6. The number of hydrogen-bond donors (Lipinski definition) is 0. The summed E-state index contributed by atoms with van der Waals surface area (Å²) < 4.78 is 0. The second kappa shape index (κ2) is 8.29. The average molecular weight is 332 g/mol. The van der Waals surface area contributed by atoms with E-state index in [2.05, 4.69) is 68.2 Å². The molecule has 3 aromatic rings. The minimum Gasteiger partial charge on any atom is -0.264 e.